The minimum absolute atomic E-state index is 0.167. The van der Waals surface area contributed by atoms with Gasteiger partial charge in [-0.1, -0.05) is 19.8 Å². The van der Waals surface area contributed by atoms with Crippen molar-refractivity contribution in [2.75, 3.05) is 0 Å². The van der Waals surface area contributed by atoms with Crippen LogP contribution in [0.3, 0.4) is 0 Å². The molecule has 2 aliphatic carbocycles. The molecule has 102 valence electrons. The lowest BCUT2D eigenvalue weighted by Crippen LogP contribution is -2.48. The highest BCUT2D eigenvalue weighted by Crippen LogP contribution is 2.35. The van der Waals surface area contributed by atoms with Crippen LogP contribution in [0.25, 0.3) is 0 Å². The summed E-state index contributed by atoms with van der Waals surface area (Å²) in [6.45, 7) is 1.89. The molecule has 1 amide bonds. The van der Waals surface area contributed by atoms with Crippen molar-refractivity contribution in [3.8, 4) is 0 Å². The van der Waals surface area contributed by atoms with Gasteiger partial charge in [-0.25, -0.2) is 4.79 Å². The molecule has 0 spiro atoms. The molecule has 0 aromatic carbocycles. The van der Waals surface area contributed by atoms with Crippen LogP contribution in [-0.4, -0.2) is 34.7 Å². The zero-order valence-corrected chi connectivity index (χ0v) is 10.8. The monoisotopic (exact) mass is 255 g/mol. The maximum atomic E-state index is 12.0. The van der Waals surface area contributed by atoms with Crippen molar-refractivity contribution in [2.24, 2.45) is 0 Å². The highest BCUT2D eigenvalue weighted by atomic mass is 16.5. The third-order valence-electron chi connectivity index (χ3n) is 3.84. The Morgan fingerprint density at radius 1 is 1.39 bits per heavy atom. The van der Waals surface area contributed by atoms with E-state index in [1.165, 1.54) is 0 Å². The molecular formula is C13H21NO4. The Morgan fingerprint density at radius 2 is 2.00 bits per heavy atom. The average molecular weight is 255 g/mol. The summed E-state index contributed by atoms with van der Waals surface area (Å²) in [5, 5.41) is 11.7. The van der Waals surface area contributed by atoms with Crippen LogP contribution >= 0.6 is 0 Å². The van der Waals surface area contributed by atoms with Gasteiger partial charge in [-0.05, 0) is 32.1 Å². The standard InChI is InChI=1S/C13H21NO4/c1-2-10(18-9-5-3-4-6-9)11(15)14-13(7-8-13)12(16)17/h9-10H,2-8H2,1H3,(H,14,15)(H,16,17). The van der Waals surface area contributed by atoms with Crippen molar-refractivity contribution in [3.05, 3.63) is 0 Å². The number of carbonyl (C=O) groups excluding carboxylic acids is 1. The quantitative estimate of drug-likeness (QED) is 0.753. The second kappa shape index (κ2) is 5.26. The van der Waals surface area contributed by atoms with Crippen molar-refractivity contribution in [1.82, 2.24) is 5.32 Å². The number of carbonyl (C=O) groups is 2. The number of hydrogen-bond acceptors (Lipinski definition) is 3. The number of rotatable bonds is 6. The Hall–Kier alpha value is -1.10. The maximum absolute atomic E-state index is 12.0. The second-order valence-electron chi connectivity index (χ2n) is 5.32. The molecule has 0 bridgehead atoms. The SMILES string of the molecule is CCC(OC1CCCC1)C(=O)NC1(C(=O)O)CC1. The van der Waals surface area contributed by atoms with Crippen molar-refractivity contribution in [1.29, 1.82) is 0 Å². The normalized spacial score (nSPS) is 23.6. The Bertz CT molecular complexity index is 332. The molecule has 5 nitrogen and oxygen atoms in total. The summed E-state index contributed by atoms with van der Waals surface area (Å²) < 4.78 is 5.77. The van der Waals surface area contributed by atoms with Crippen LogP contribution in [0.4, 0.5) is 0 Å². The molecule has 5 heteroatoms. The van der Waals surface area contributed by atoms with Crippen LogP contribution in [0.2, 0.25) is 0 Å². The summed E-state index contributed by atoms with van der Waals surface area (Å²) in [6.07, 6.45) is 5.61. The van der Waals surface area contributed by atoms with Crippen LogP contribution in [0, 0.1) is 0 Å². The van der Waals surface area contributed by atoms with Crippen LogP contribution in [0.1, 0.15) is 51.9 Å². The number of amides is 1. The van der Waals surface area contributed by atoms with Gasteiger partial charge in [-0.15, -0.1) is 0 Å². The lowest BCUT2D eigenvalue weighted by molar-refractivity contribution is -0.147. The van der Waals surface area contributed by atoms with Crippen molar-refractivity contribution >= 4 is 11.9 Å². The van der Waals surface area contributed by atoms with Crippen molar-refractivity contribution < 1.29 is 19.4 Å². The van der Waals surface area contributed by atoms with Gasteiger partial charge in [0.25, 0.3) is 0 Å². The Balaban J connectivity index is 1.87. The van der Waals surface area contributed by atoms with Gasteiger partial charge in [0.2, 0.25) is 5.91 Å². The minimum Gasteiger partial charge on any atom is -0.480 e. The summed E-state index contributed by atoms with van der Waals surface area (Å²) in [7, 11) is 0. The molecule has 18 heavy (non-hydrogen) atoms. The molecule has 1 unspecified atom stereocenters. The predicted molar refractivity (Wildman–Crippen MR) is 65.2 cm³/mol. The van der Waals surface area contributed by atoms with Crippen LogP contribution < -0.4 is 5.32 Å². The molecule has 0 aromatic rings. The lowest BCUT2D eigenvalue weighted by atomic mass is 10.2. The number of ether oxygens (including phenoxy) is 1. The summed E-state index contributed by atoms with van der Waals surface area (Å²) in [4.78, 5) is 23.0. The molecule has 1 atom stereocenters. The molecule has 2 aliphatic rings. The summed E-state index contributed by atoms with van der Waals surface area (Å²) in [6, 6.07) is 0. The van der Waals surface area contributed by atoms with Gasteiger partial charge >= 0.3 is 5.97 Å². The van der Waals surface area contributed by atoms with Gasteiger partial charge in [-0.2, -0.15) is 0 Å². The molecule has 2 saturated carbocycles. The van der Waals surface area contributed by atoms with Gasteiger partial charge in [0, 0.05) is 0 Å². The third-order valence-corrected chi connectivity index (χ3v) is 3.84. The van der Waals surface area contributed by atoms with Gasteiger partial charge < -0.3 is 15.2 Å². The first kappa shape index (κ1) is 13.3. The van der Waals surface area contributed by atoms with Gasteiger partial charge in [-0.3, -0.25) is 4.79 Å². The molecule has 0 radical (unpaired) electrons. The molecule has 2 fully saturated rings. The first-order valence-corrected chi connectivity index (χ1v) is 6.78. The van der Waals surface area contributed by atoms with E-state index < -0.39 is 17.6 Å². The first-order valence-electron chi connectivity index (χ1n) is 6.78. The van der Waals surface area contributed by atoms with Crippen molar-refractivity contribution in [2.45, 2.75) is 69.6 Å². The number of nitrogens with one attached hydrogen (secondary N) is 1. The number of aliphatic carboxylic acids is 1. The summed E-state index contributed by atoms with van der Waals surface area (Å²) in [5.41, 5.74) is -1.01. The smallest absolute Gasteiger partial charge is 0.329 e. The van der Waals surface area contributed by atoms with Crippen LogP contribution in [-0.2, 0) is 14.3 Å². The number of hydrogen-bond donors (Lipinski definition) is 2. The largest absolute Gasteiger partial charge is 0.480 e. The second-order valence-corrected chi connectivity index (χ2v) is 5.32. The molecule has 2 rings (SSSR count). The zero-order valence-electron chi connectivity index (χ0n) is 10.8. The lowest BCUT2D eigenvalue weighted by Gasteiger charge is -2.22. The fourth-order valence-electron chi connectivity index (χ4n) is 2.43. The highest BCUT2D eigenvalue weighted by molar-refractivity contribution is 5.91. The number of carboxylic acids is 1. The Morgan fingerprint density at radius 3 is 2.44 bits per heavy atom. The van der Waals surface area contributed by atoms with E-state index in [-0.39, 0.29) is 12.0 Å². The van der Waals surface area contributed by atoms with E-state index in [9.17, 15) is 9.59 Å². The minimum atomic E-state index is -1.01. The van der Waals surface area contributed by atoms with Gasteiger partial charge in [0.1, 0.15) is 11.6 Å². The van der Waals surface area contributed by atoms with E-state index in [1.54, 1.807) is 0 Å². The average Bonchev–Trinajstić information content (AvgIpc) is 2.94. The van der Waals surface area contributed by atoms with E-state index in [2.05, 4.69) is 5.32 Å². The Labute approximate surface area is 107 Å². The predicted octanol–water partition coefficient (Wildman–Crippen LogP) is 1.46. The fourth-order valence-corrected chi connectivity index (χ4v) is 2.43. The van der Waals surface area contributed by atoms with Crippen molar-refractivity contribution in [3.63, 3.8) is 0 Å². The zero-order chi connectivity index (χ0) is 13.2. The molecule has 0 aromatic heterocycles. The molecule has 0 aliphatic heterocycles. The third kappa shape index (κ3) is 2.83. The van der Waals surface area contributed by atoms with Crippen LogP contribution in [0.15, 0.2) is 0 Å². The highest BCUT2D eigenvalue weighted by Gasteiger charge is 2.52. The van der Waals surface area contributed by atoms with Gasteiger partial charge in [0.15, 0.2) is 0 Å². The summed E-state index contributed by atoms with van der Waals surface area (Å²) >= 11 is 0. The molecule has 2 N–H and O–H groups in total. The summed E-state index contributed by atoms with van der Waals surface area (Å²) in [5.74, 6) is -1.21. The van der Waals surface area contributed by atoms with Gasteiger partial charge in [0.05, 0.1) is 6.10 Å². The van der Waals surface area contributed by atoms with E-state index in [1.807, 2.05) is 6.92 Å². The van der Waals surface area contributed by atoms with E-state index >= 15 is 0 Å². The van der Waals surface area contributed by atoms with E-state index in [4.69, 9.17) is 9.84 Å². The molecular weight excluding hydrogens is 234 g/mol. The topological polar surface area (TPSA) is 75.6 Å². The maximum Gasteiger partial charge on any atom is 0.329 e. The Kier molecular flexibility index (Phi) is 3.90. The van der Waals surface area contributed by atoms with E-state index in [0.717, 1.165) is 25.7 Å². The fraction of sp³-hybridized carbons (Fsp3) is 0.846. The first-order chi connectivity index (χ1) is 8.57. The molecule has 0 heterocycles. The van der Waals surface area contributed by atoms with E-state index in [0.29, 0.717) is 19.3 Å². The molecule has 0 saturated heterocycles. The van der Waals surface area contributed by atoms with Crippen LogP contribution in [0.5, 0.6) is 0 Å². The number of carboxylic acid groups (broad SMARTS) is 1.